The van der Waals surface area contributed by atoms with Crippen LogP contribution in [0, 0.1) is 5.92 Å². The van der Waals surface area contributed by atoms with Gasteiger partial charge in [-0.05, 0) is 42.5 Å². The topological polar surface area (TPSA) is 92.5 Å². The van der Waals surface area contributed by atoms with Gasteiger partial charge < -0.3 is 16.0 Å². The van der Waals surface area contributed by atoms with Crippen LogP contribution in [-0.4, -0.2) is 24.3 Å². The van der Waals surface area contributed by atoms with Crippen molar-refractivity contribution in [3.05, 3.63) is 58.6 Å². The lowest BCUT2D eigenvalue weighted by Crippen LogP contribution is -2.28. The number of primary amides is 1. The molecule has 6 nitrogen and oxygen atoms in total. The minimum absolute atomic E-state index is 0.0895. The Labute approximate surface area is 153 Å². The third-order valence-electron chi connectivity index (χ3n) is 4.05. The second kappa shape index (κ2) is 7.06. The minimum Gasteiger partial charge on any atom is -0.366 e. The van der Waals surface area contributed by atoms with Crippen molar-refractivity contribution in [2.75, 3.05) is 16.8 Å². The molecule has 25 heavy (non-hydrogen) atoms. The summed E-state index contributed by atoms with van der Waals surface area (Å²) in [6.45, 7) is 0.321. The first-order valence-electron chi connectivity index (χ1n) is 7.70. The second-order valence-electron chi connectivity index (χ2n) is 5.82. The van der Waals surface area contributed by atoms with Gasteiger partial charge in [-0.3, -0.25) is 14.4 Å². The number of nitrogens with zero attached hydrogens (tertiary/aromatic N) is 1. The number of rotatable bonds is 4. The summed E-state index contributed by atoms with van der Waals surface area (Å²) in [6, 6.07) is 13.8. The van der Waals surface area contributed by atoms with Gasteiger partial charge in [0.05, 0.1) is 5.92 Å². The molecular weight excluding hydrogens is 386 g/mol. The molecule has 1 unspecified atom stereocenters. The van der Waals surface area contributed by atoms with Gasteiger partial charge in [0.25, 0.3) is 0 Å². The lowest BCUT2D eigenvalue weighted by atomic mass is 10.1. The van der Waals surface area contributed by atoms with Gasteiger partial charge in [0, 0.05) is 34.4 Å². The maximum Gasteiger partial charge on any atom is 0.248 e. The first-order valence-corrected chi connectivity index (χ1v) is 8.50. The van der Waals surface area contributed by atoms with Crippen molar-refractivity contribution in [1.82, 2.24) is 0 Å². The summed E-state index contributed by atoms with van der Waals surface area (Å²) in [5.41, 5.74) is 6.80. The van der Waals surface area contributed by atoms with E-state index >= 15 is 0 Å². The number of hydrogen-bond acceptors (Lipinski definition) is 3. The first-order chi connectivity index (χ1) is 11.9. The molecular formula is C18H16BrN3O3. The molecule has 7 heteroatoms. The van der Waals surface area contributed by atoms with Crippen LogP contribution >= 0.6 is 15.9 Å². The molecule has 128 valence electrons. The average molecular weight is 402 g/mol. The number of carbonyl (C=O) groups excluding carboxylic acids is 3. The fraction of sp³-hybridized carbons (Fsp3) is 0.167. The maximum absolute atomic E-state index is 12.5. The molecule has 3 amide bonds. The van der Waals surface area contributed by atoms with Crippen LogP contribution in [0.4, 0.5) is 11.4 Å². The molecule has 3 N–H and O–H groups in total. The van der Waals surface area contributed by atoms with Crippen LogP contribution in [-0.2, 0) is 9.59 Å². The molecule has 2 aromatic carbocycles. The molecule has 1 aliphatic rings. The second-order valence-corrected chi connectivity index (χ2v) is 6.73. The van der Waals surface area contributed by atoms with Crippen LogP contribution in [0.2, 0.25) is 0 Å². The Morgan fingerprint density at radius 3 is 2.56 bits per heavy atom. The molecule has 0 aliphatic carbocycles. The van der Waals surface area contributed by atoms with Gasteiger partial charge in [-0.15, -0.1) is 0 Å². The smallest absolute Gasteiger partial charge is 0.248 e. The van der Waals surface area contributed by atoms with Crippen molar-refractivity contribution in [2.45, 2.75) is 6.42 Å². The molecule has 1 aliphatic heterocycles. The highest BCUT2D eigenvalue weighted by molar-refractivity contribution is 9.10. The summed E-state index contributed by atoms with van der Waals surface area (Å²) in [5.74, 6) is -1.36. The van der Waals surface area contributed by atoms with Gasteiger partial charge in [-0.25, -0.2) is 0 Å². The number of amides is 3. The van der Waals surface area contributed by atoms with Crippen LogP contribution in [0.3, 0.4) is 0 Å². The van der Waals surface area contributed by atoms with Gasteiger partial charge in [0.15, 0.2) is 0 Å². The highest BCUT2D eigenvalue weighted by Gasteiger charge is 2.35. The molecule has 3 rings (SSSR count). The number of nitrogens with two attached hydrogens (primary N) is 1. The van der Waals surface area contributed by atoms with E-state index in [0.717, 1.165) is 10.2 Å². The highest BCUT2D eigenvalue weighted by Crippen LogP contribution is 2.27. The molecule has 1 fully saturated rings. The van der Waals surface area contributed by atoms with Crippen molar-refractivity contribution < 1.29 is 14.4 Å². The molecule has 1 atom stereocenters. The summed E-state index contributed by atoms with van der Waals surface area (Å²) in [5, 5.41) is 2.75. The normalized spacial score (nSPS) is 16.8. The van der Waals surface area contributed by atoms with E-state index in [1.165, 1.54) is 6.07 Å². The van der Waals surface area contributed by atoms with E-state index in [4.69, 9.17) is 5.73 Å². The molecule has 0 saturated carbocycles. The van der Waals surface area contributed by atoms with E-state index < -0.39 is 11.8 Å². The largest absolute Gasteiger partial charge is 0.366 e. The lowest BCUT2D eigenvalue weighted by Gasteiger charge is -2.17. The van der Waals surface area contributed by atoms with Crippen LogP contribution in [0.5, 0.6) is 0 Å². The average Bonchev–Trinajstić information content (AvgIpc) is 2.98. The molecule has 1 saturated heterocycles. The number of benzene rings is 2. The van der Waals surface area contributed by atoms with Gasteiger partial charge in [-0.2, -0.15) is 0 Å². The van der Waals surface area contributed by atoms with Gasteiger partial charge >= 0.3 is 0 Å². The lowest BCUT2D eigenvalue weighted by molar-refractivity contribution is -0.122. The standard InChI is InChI=1S/C18H16BrN3O3/c19-13-4-6-15(7-5-13)22-10-12(9-16(22)23)18(25)21-14-3-1-2-11(8-14)17(20)24/h1-8,12H,9-10H2,(H2,20,24)(H,21,25). The van der Waals surface area contributed by atoms with Crippen molar-refractivity contribution in [1.29, 1.82) is 0 Å². The number of anilines is 2. The SMILES string of the molecule is NC(=O)c1cccc(NC(=O)C2CC(=O)N(c3ccc(Br)cc3)C2)c1. The molecule has 2 aromatic rings. The Morgan fingerprint density at radius 2 is 1.88 bits per heavy atom. The number of nitrogens with one attached hydrogen (secondary N) is 1. The van der Waals surface area contributed by atoms with Gasteiger partial charge in [-0.1, -0.05) is 22.0 Å². The van der Waals surface area contributed by atoms with Crippen molar-refractivity contribution >= 4 is 45.0 Å². The van der Waals surface area contributed by atoms with Crippen LogP contribution in [0.1, 0.15) is 16.8 Å². The number of halogens is 1. The third-order valence-corrected chi connectivity index (χ3v) is 4.58. The van der Waals surface area contributed by atoms with E-state index in [9.17, 15) is 14.4 Å². The van der Waals surface area contributed by atoms with Crippen molar-refractivity contribution in [3.8, 4) is 0 Å². The molecule has 0 spiro atoms. The zero-order valence-electron chi connectivity index (χ0n) is 13.2. The fourth-order valence-corrected chi connectivity index (χ4v) is 3.01. The number of hydrogen-bond donors (Lipinski definition) is 2. The Hall–Kier alpha value is -2.67. The van der Waals surface area contributed by atoms with E-state index in [1.807, 2.05) is 24.3 Å². The third kappa shape index (κ3) is 3.88. The summed E-state index contributed by atoms with van der Waals surface area (Å²) < 4.78 is 0.923. The van der Waals surface area contributed by atoms with E-state index in [0.29, 0.717) is 17.8 Å². The quantitative estimate of drug-likeness (QED) is 0.823. The Balaban J connectivity index is 1.69. The van der Waals surface area contributed by atoms with Gasteiger partial charge in [0.2, 0.25) is 17.7 Å². The van der Waals surface area contributed by atoms with Gasteiger partial charge in [0.1, 0.15) is 0 Å². The minimum atomic E-state index is -0.562. The summed E-state index contributed by atoms with van der Waals surface area (Å²) in [4.78, 5) is 37.5. The zero-order chi connectivity index (χ0) is 18.0. The van der Waals surface area contributed by atoms with Crippen molar-refractivity contribution in [3.63, 3.8) is 0 Å². The zero-order valence-corrected chi connectivity index (χ0v) is 14.8. The molecule has 0 bridgehead atoms. The summed E-state index contributed by atoms with van der Waals surface area (Å²) in [6.07, 6.45) is 0.150. The summed E-state index contributed by atoms with van der Waals surface area (Å²) >= 11 is 3.36. The number of carbonyl (C=O) groups is 3. The van der Waals surface area contributed by atoms with Crippen LogP contribution < -0.4 is 16.0 Å². The van der Waals surface area contributed by atoms with Crippen LogP contribution in [0.15, 0.2) is 53.0 Å². The van der Waals surface area contributed by atoms with E-state index in [2.05, 4.69) is 21.2 Å². The first kappa shape index (κ1) is 17.2. The fourth-order valence-electron chi connectivity index (χ4n) is 2.75. The van der Waals surface area contributed by atoms with E-state index in [1.54, 1.807) is 23.1 Å². The van der Waals surface area contributed by atoms with Crippen molar-refractivity contribution in [2.24, 2.45) is 11.7 Å². The molecule has 1 heterocycles. The maximum atomic E-state index is 12.5. The predicted octanol–water partition coefficient (Wildman–Crippen LogP) is 2.54. The highest BCUT2D eigenvalue weighted by atomic mass is 79.9. The Bertz CT molecular complexity index is 836. The van der Waals surface area contributed by atoms with Crippen LogP contribution in [0.25, 0.3) is 0 Å². The predicted molar refractivity (Wildman–Crippen MR) is 98.2 cm³/mol. The Kier molecular flexibility index (Phi) is 4.85. The monoisotopic (exact) mass is 401 g/mol. The Morgan fingerprint density at radius 1 is 1.16 bits per heavy atom. The molecule has 0 aromatic heterocycles. The van der Waals surface area contributed by atoms with E-state index in [-0.39, 0.29) is 18.2 Å². The molecule has 0 radical (unpaired) electrons. The summed E-state index contributed by atoms with van der Waals surface area (Å²) in [7, 11) is 0.